The van der Waals surface area contributed by atoms with E-state index in [0.29, 0.717) is 5.75 Å². The SMILES string of the molecule is COc1ccc(C(NC(=O)NCCC(=O)O)C(F)(F)F)cc1. The first-order chi connectivity index (χ1) is 10.2. The number of carbonyl (C=O) groups excluding carboxylic acids is 1. The third-order valence-corrected chi connectivity index (χ3v) is 2.68. The van der Waals surface area contributed by atoms with E-state index >= 15 is 0 Å². The van der Waals surface area contributed by atoms with Gasteiger partial charge in [0.05, 0.1) is 13.5 Å². The third kappa shape index (κ3) is 5.51. The van der Waals surface area contributed by atoms with Crippen molar-refractivity contribution >= 4 is 12.0 Å². The van der Waals surface area contributed by atoms with Gasteiger partial charge in [0.25, 0.3) is 0 Å². The number of urea groups is 1. The van der Waals surface area contributed by atoms with E-state index in [-0.39, 0.29) is 18.5 Å². The third-order valence-electron chi connectivity index (χ3n) is 2.68. The zero-order chi connectivity index (χ0) is 16.8. The lowest BCUT2D eigenvalue weighted by atomic mass is 10.1. The number of benzene rings is 1. The van der Waals surface area contributed by atoms with Crippen molar-refractivity contribution in [3.05, 3.63) is 29.8 Å². The highest BCUT2D eigenvalue weighted by Crippen LogP contribution is 2.33. The number of ether oxygens (including phenoxy) is 1. The molecular formula is C13H15F3N2O4. The fourth-order valence-electron chi connectivity index (χ4n) is 1.62. The van der Waals surface area contributed by atoms with Gasteiger partial charge in [-0.3, -0.25) is 4.79 Å². The number of carboxylic acid groups (broad SMARTS) is 1. The first-order valence-corrected chi connectivity index (χ1v) is 6.21. The normalized spacial score (nSPS) is 12.4. The zero-order valence-electron chi connectivity index (χ0n) is 11.6. The highest BCUT2D eigenvalue weighted by molar-refractivity contribution is 5.75. The van der Waals surface area contributed by atoms with E-state index in [2.05, 4.69) is 5.32 Å². The molecule has 0 aliphatic carbocycles. The Kier molecular flexibility index (Phi) is 6.02. The van der Waals surface area contributed by atoms with Crippen molar-refractivity contribution in [2.24, 2.45) is 0 Å². The summed E-state index contributed by atoms with van der Waals surface area (Å²) in [6.45, 7) is -0.269. The lowest BCUT2D eigenvalue weighted by molar-refractivity contribution is -0.155. The fourth-order valence-corrected chi connectivity index (χ4v) is 1.62. The maximum atomic E-state index is 13.0. The van der Waals surface area contributed by atoms with Gasteiger partial charge < -0.3 is 20.5 Å². The Balaban J connectivity index is 2.76. The summed E-state index contributed by atoms with van der Waals surface area (Å²) in [5.74, 6) is -0.779. The van der Waals surface area contributed by atoms with Crippen molar-refractivity contribution in [2.45, 2.75) is 18.6 Å². The van der Waals surface area contributed by atoms with Crippen LogP contribution in [-0.2, 0) is 4.79 Å². The Bertz CT molecular complexity index is 517. The van der Waals surface area contributed by atoms with E-state index in [1.54, 1.807) is 5.32 Å². The maximum absolute atomic E-state index is 13.0. The van der Waals surface area contributed by atoms with Gasteiger partial charge in [0.2, 0.25) is 0 Å². The van der Waals surface area contributed by atoms with Crippen molar-refractivity contribution in [1.82, 2.24) is 10.6 Å². The van der Waals surface area contributed by atoms with Crippen LogP contribution in [0.4, 0.5) is 18.0 Å². The number of hydrogen-bond donors (Lipinski definition) is 3. The summed E-state index contributed by atoms with van der Waals surface area (Å²) < 4.78 is 43.9. The Morgan fingerprint density at radius 1 is 1.27 bits per heavy atom. The van der Waals surface area contributed by atoms with Gasteiger partial charge in [0.1, 0.15) is 5.75 Å². The summed E-state index contributed by atoms with van der Waals surface area (Å²) in [7, 11) is 1.38. The summed E-state index contributed by atoms with van der Waals surface area (Å²) in [6, 6.07) is 1.77. The van der Waals surface area contributed by atoms with Gasteiger partial charge >= 0.3 is 18.2 Å². The number of carboxylic acids is 1. The highest BCUT2D eigenvalue weighted by atomic mass is 19.4. The Hall–Kier alpha value is -2.45. The second-order valence-electron chi connectivity index (χ2n) is 4.29. The molecule has 0 saturated heterocycles. The number of alkyl halides is 3. The molecular weight excluding hydrogens is 305 g/mol. The van der Waals surface area contributed by atoms with Crippen LogP contribution >= 0.6 is 0 Å². The molecule has 0 heterocycles. The van der Waals surface area contributed by atoms with Crippen LogP contribution in [0.25, 0.3) is 0 Å². The molecule has 2 amide bonds. The molecule has 1 atom stereocenters. The van der Waals surface area contributed by atoms with Crippen LogP contribution in [-0.4, -0.2) is 36.9 Å². The van der Waals surface area contributed by atoms with Crippen LogP contribution in [0.15, 0.2) is 24.3 Å². The molecule has 0 spiro atoms. The molecule has 1 aromatic rings. The maximum Gasteiger partial charge on any atom is 0.412 e. The fraction of sp³-hybridized carbons (Fsp3) is 0.385. The topological polar surface area (TPSA) is 87.7 Å². The minimum absolute atomic E-state index is 0.165. The second-order valence-corrected chi connectivity index (χ2v) is 4.29. The van der Waals surface area contributed by atoms with Crippen LogP contribution in [0.5, 0.6) is 5.75 Å². The number of halogens is 3. The standard InChI is InChI=1S/C13H15F3N2O4/c1-22-9-4-2-8(3-5-9)11(13(14,15)16)18-12(21)17-7-6-10(19)20/h2-5,11H,6-7H2,1H3,(H,19,20)(H2,17,18,21). The van der Waals surface area contributed by atoms with Gasteiger partial charge in [-0.05, 0) is 17.7 Å². The van der Waals surface area contributed by atoms with Crippen LogP contribution < -0.4 is 15.4 Å². The zero-order valence-corrected chi connectivity index (χ0v) is 11.6. The van der Waals surface area contributed by atoms with Crippen LogP contribution in [0.3, 0.4) is 0 Å². The molecule has 0 saturated carbocycles. The molecule has 1 aromatic carbocycles. The summed E-state index contributed by atoms with van der Waals surface area (Å²) >= 11 is 0. The van der Waals surface area contributed by atoms with Gasteiger partial charge in [0, 0.05) is 6.54 Å². The molecule has 1 rings (SSSR count). The highest BCUT2D eigenvalue weighted by Gasteiger charge is 2.41. The van der Waals surface area contributed by atoms with E-state index in [1.807, 2.05) is 0 Å². The summed E-state index contributed by atoms with van der Waals surface area (Å²) in [6.07, 6.45) is -5.08. The quantitative estimate of drug-likeness (QED) is 0.749. The molecule has 9 heteroatoms. The van der Waals surface area contributed by atoms with Gasteiger partial charge in [-0.1, -0.05) is 12.1 Å². The molecule has 0 aliphatic rings. The number of nitrogens with one attached hydrogen (secondary N) is 2. The number of aliphatic carboxylic acids is 1. The molecule has 122 valence electrons. The molecule has 0 fully saturated rings. The van der Waals surface area contributed by atoms with Crippen molar-refractivity contribution in [3.63, 3.8) is 0 Å². The predicted octanol–water partition coefficient (Wildman–Crippen LogP) is 2.07. The van der Waals surface area contributed by atoms with E-state index in [9.17, 15) is 22.8 Å². The molecule has 22 heavy (non-hydrogen) atoms. The van der Waals surface area contributed by atoms with Gasteiger partial charge in [-0.15, -0.1) is 0 Å². The molecule has 0 aromatic heterocycles. The molecule has 1 unspecified atom stereocenters. The summed E-state index contributed by atoms with van der Waals surface area (Å²) in [4.78, 5) is 21.7. The largest absolute Gasteiger partial charge is 0.497 e. The van der Waals surface area contributed by atoms with Crippen LogP contribution in [0, 0.1) is 0 Å². The van der Waals surface area contributed by atoms with E-state index < -0.39 is 24.2 Å². The lowest BCUT2D eigenvalue weighted by Crippen LogP contribution is -2.44. The number of methoxy groups -OCH3 is 1. The van der Waals surface area contributed by atoms with E-state index in [0.717, 1.165) is 0 Å². The minimum atomic E-state index is -4.70. The molecule has 3 N–H and O–H groups in total. The van der Waals surface area contributed by atoms with Gasteiger partial charge in [-0.25, -0.2) is 4.79 Å². The Labute approximate surface area is 124 Å². The van der Waals surface area contributed by atoms with Crippen molar-refractivity contribution in [3.8, 4) is 5.75 Å². The van der Waals surface area contributed by atoms with Crippen LogP contribution in [0.1, 0.15) is 18.0 Å². The van der Waals surface area contributed by atoms with Crippen molar-refractivity contribution in [1.29, 1.82) is 0 Å². The second kappa shape index (κ2) is 7.53. The van der Waals surface area contributed by atoms with E-state index in [1.165, 1.54) is 31.4 Å². The number of carbonyl (C=O) groups is 2. The van der Waals surface area contributed by atoms with Gasteiger partial charge in [0.15, 0.2) is 6.04 Å². The monoisotopic (exact) mass is 320 g/mol. The predicted molar refractivity (Wildman–Crippen MR) is 70.6 cm³/mol. The lowest BCUT2D eigenvalue weighted by Gasteiger charge is -2.22. The molecule has 0 bridgehead atoms. The first-order valence-electron chi connectivity index (χ1n) is 6.21. The number of amides is 2. The number of rotatable bonds is 6. The average Bonchev–Trinajstić information content (AvgIpc) is 2.43. The first kappa shape index (κ1) is 17.6. The number of hydrogen-bond acceptors (Lipinski definition) is 3. The Morgan fingerprint density at radius 3 is 2.32 bits per heavy atom. The molecule has 6 nitrogen and oxygen atoms in total. The van der Waals surface area contributed by atoms with Crippen molar-refractivity contribution in [2.75, 3.05) is 13.7 Å². The summed E-state index contributed by atoms with van der Waals surface area (Å²) in [5.41, 5.74) is -0.165. The molecule has 0 radical (unpaired) electrons. The smallest absolute Gasteiger partial charge is 0.412 e. The van der Waals surface area contributed by atoms with E-state index in [4.69, 9.17) is 9.84 Å². The van der Waals surface area contributed by atoms with Gasteiger partial charge in [-0.2, -0.15) is 13.2 Å². The Morgan fingerprint density at radius 2 is 1.86 bits per heavy atom. The average molecular weight is 320 g/mol. The molecule has 0 aliphatic heterocycles. The minimum Gasteiger partial charge on any atom is -0.497 e. The summed E-state index contributed by atoms with van der Waals surface area (Å²) in [5, 5.41) is 12.2. The van der Waals surface area contributed by atoms with Crippen LogP contribution in [0.2, 0.25) is 0 Å². The van der Waals surface area contributed by atoms with Crippen molar-refractivity contribution < 1.29 is 32.6 Å².